The van der Waals surface area contributed by atoms with Gasteiger partial charge in [0.2, 0.25) is 0 Å². The minimum absolute atomic E-state index is 0.427. The second kappa shape index (κ2) is 7.34. The molecule has 0 aliphatic rings. The predicted molar refractivity (Wildman–Crippen MR) is 81.3 cm³/mol. The van der Waals surface area contributed by atoms with Crippen molar-refractivity contribution in [1.29, 1.82) is 0 Å². The third-order valence-corrected chi connectivity index (χ3v) is 3.36. The lowest BCUT2D eigenvalue weighted by molar-refractivity contribution is 0.203. The molecule has 1 atom stereocenters. The first-order chi connectivity index (χ1) is 8.61. The Bertz CT molecular complexity index is 395. The topological polar surface area (TPSA) is 38.5 Å². The smallest absolute Gasteiger partial charge is 0.106 e. The number of anilines is 1. The van der Waals surface area contributed by atoms with Gasteiger partial charge < -0.3 is 15.4 Å². The maximum Gasteiger partial charge on any atom is 0.106 e. The van der Waals surface area contributed by atoms with Gasteiger partial charge in [-0.05, 0) is 25.5 Å². The first-order valence-corrected chi connectivity index (χ1v) is 6.67. The number of ether oxygens (including phenoxy) is 1. The van der Waals surface area contributed by atoms with Crippen LogP contribution in [0.5, 0.6) is 0 Å². The summed E-state index contributed by atoms with van der Waals surface area (Å²) in [5, 5.41) is 0. The van der Waals surface area contributed by atoms with Gasteiger partial charge in [0, 0.05) is 30.9 Å². The van der Waals surface area contributed by atoms with Crippen LogP contribution < -0.4 is 10.6 Å². The molecule has 100 valence electrons. The fourth-order valence-electron chi connectivity index (χ4n) is 1.92. The van der Waals surface area contributed by atoms with Gasteiger partial charge in [-0.1, -0.05) is 31.3 Å². The van der Waals surface area contributed by atoms with Crippen molar-refractivity contribution in [3.63, 3.8) is 0 Å². The van der Waals surface area contributed by atoms with Crippen molar-refractivity contribution >= 4 is 22.9 Å². The van der Waals surface area contributed by atoms with Crippen LogP contribution in [0.1, 0.15) is 25.8 Å². The Balaban J connectivity index is 3.07. The first-order valence-electron chi connectivity index (χ1n) is 6.26. The van der Waals surface area contributed by atoms with E-state index in [4.69, 9.17) is 22.7 Å². The largest absolute Gasteiger partial charge is 0.389 e. The summed E-state index contributed by atoms with van der Waals surface area (Å²) in [4.78, 5) is 2.74. The first kappa shape index (κ1) is 14.9. The molecule has 1 unspecified atom stereocenters. The van der Waals surface area contributed by atoms with E-state index in [0.717, 1.165) is 24.2 Å². The Kier molecular flexibility index (Phi) is 6.09. The van der Waals surface area contributed by atoms with E-state index < -0.39 is 0 Å². The fraction of sp³-hybridized carbons (Fsp3) is 0.500. The van der Waals surface area contributed by atoms with E-state index in [1.54, 1.807) is 7.11 Å². The molecule has 0 amide bonds. The van der Waals surface area contributed by atoms with Crippen LogP contribution in [0.2, 0.25) is 0 Å². The summed E-state index contributed by atoms with van der Waals surface area (Å²) >= 11 is 5.12. The molecule has 0 radical (unpaired) electrons. The molecule has 0 spiro atoms. The molecule has 1 aromatic rings. The van der Waals surface area contributed by atoms with Crippen molar-refractivity contribution < 1.29 is 4.74 Å². The average Bonchev–Trinajstić information content (AvgIpc) is 2.39. The SMILES string of the molecule is CCC(C)N(CCOC)c1ccccc1C(N)=S. The van der Waals surface area contributed by atoms with Crippen molar-refractivity contribution in [3.05, 3.63) is 29.8 Å². The second-order valence-corrected chi connectivity index (χ2v) is 4.76. The maximum atomic E-state index is 5.80. The lowest BCUT2D eigenvalue weighted by atomic mass is 10.1. The van der Waals surface area contributed by atoms with Gasteiger partial charge in [0.15, 0.2) is 0 Å². The summed E-state index contributed by atoms with van der Waals surface area (Å²) in [6, 6.07) is 8.44. The summed E-state index contributed by atoms with van der Waals surface area (Å²) in [5.74, 6) is 0. The Morgan fingerprint density at radius 1 is 1.44 bits per heavy atom. The van der Waals surface area contributed by atoms with Gasteiger partial charge >= 0.3 is 0 Å². The number of para-hydroxylation sites is 1. The molecule has 1 aromatic carbocycles. The molecule has 1 rings (SSSR count). The van der Waals surface area contributed by atoms with Crippen molar-refractivity contribution in [2.75, 3.05) is 25.2 Å². The zero-order chi connectivity index (χ0) is 13.5. The number of hydrogen-bond acceptors (Lipinski definition) is 3. The summed E-state index contributed by atoms with van der Waals surface area (Å²) in [5.41, 5.74) is 7.82. The highest BCUT2D eigenvalue weighted by Gasteiger charge is 2.16. The lowest BCUT2D eigenvalue weighted by Crippen LogP contribution is -2.36. The second-order valence-electron chi connectivity index (χ2n) is 4.32. The van der Waals surface area contributed by atoms with Crippen molar-refractivity contribution in [3.8, 4) is 0 Å². The van der Waals surface area contributed by atoms with Crippen molar-refractivity contribution in [2.45, 2.75) is 26.3 Å². The van der Waals surface area contributed by atoms with Gasteiger partial charge in [-0.3, -0.25) is 0 Å². The number of methoxy groups -OCH3 is 1. The lowest BCUT2D eigenvalue weighted by Gasteiger charge is -2.32. The third-order valence-electron chi connectivity index (χ3n) is 3.14. The van der Waals surface area contributed by atoms with Crippen LogP contribution in [0.3, 0.4) is 0 Å². The molecule has 0 bridgehead atoms. The molecule has 0 saturated heterocycles. The highest BCUT2D eigenvalue weighted by atomic mass is 32.1. The highest BCUT2D eigenvalue weighted by Crippen LogP contribution is 2.23. The average molecular weight is 266 g/mol. The maximum absolute atomic E-state index is 5.80. The molecule has 18 heavy (non-hydrogen) atoms. The van der Waals surface area contributed by atoms with Gasteiger partial charge in [-0.25, -0.2) is 0 Å². The van der Waals surface area contributed by atoms with E-state index >= 15 is 0 Å². The molecule has 0 fully saturated rings. The van der Waals surface area contributed by atoms with Crippen LogP contribution in [0.4, 0.5) is 5.69 Å². The molecule has 0 aromatic heterocycles. The Morgan fingerprint density at radius 3 is 2.67 bits per heavy atom. The summed E-state index contributed by atoms with van der Waals surface area (Å²) < 4.78 is 5.18. The zero-order valence-corrected chi connectivity index (χ0v) is 12.2. The molecule has 0 heterocycles. The number of benzene rings is 1. The third kappa shape index (κ3) is 3.68. The van der Waals surface area contributed by atoms with E-state index in [1.807, 2.05) is 18.2 Å². The minimum atomic E-state index is 0.427. The molecular weight excluding hydrogens is 244 g/mol. The number of thiocarbonyl (C=S) groups is 1. The Labute approximate surface area is 115 Å². The van der Waals surface area contributed by atoms with Gasteiger partial charge in [0.05, 0.1) is 6.61 Å². The van der Waals surface area contributed by atoms with Crippen LogP contribution in [0.25, 0.3) is 0 Å². The Morgan fingerprint density at radius 2 is 2.11 bits per heavy atom. The van der Waals surface area contributed by atoms with E-state index in [9.17, 15) is 0 Å². The van der Waals surface area contributed by atoms with Gasteiger partial charge in [-0.2, -0.15) is 0 Å². The number of rotatable bonds is 7. The van der Waals surface area contributed by atoms with Crippen LogP contribution in [0, 0.1) is 0 Å². The predicted octanol–water partition coefficient (Wildman–Crippen LogP) is 2.57. The molecule has 2 N–H and O–H groups in total. The number of hydrogen-bond donors (Lipinski definition) is 1. The van der Waals surface area contributed by atoms with Crippen LogP contribution in [0.15, 0.2) is 24.3 Å². The summed E-state index contributed by atoms with van der Waals surface area (Å²) in [7, 11) is 1.72. The number of nitrogens with zero attached hydrogens (tertiary/aromatic N) is 1. The van der Waals surface area contributed by atoms with E-state index in [-0.39, 0.29) is 0 Å². The van der Waals surface area contributed by atoms with Crippen molar-refractivity contribution in [1.82, 2.24) is 0 Å². The molecule has 0 aliphatic heterocycles. The minimum Gasteiger partial charge on any atom is -0.389 e. The van der Waals surface area contributed by atoms with E-state index in [1.165, 1.54) is 0 Å². The molecule has 3 nitrogen and oxygen atoms in total. The van der Waals surface area contributed by atoms with Crippen LogP contribution in [-0.4, -0.2) is 31.3 Å². The Hall–Kier alpha value is -1.13. The van der Waals surface area contributed by atoms with Crippen LogP contribution in [-0.2, 0) is 4.74 Å². The molecular formula is C14H22N2OS. The highest BCUT2D eigenvalue weighted by molar-refractivity contribution is 7.80. The molecule has 0 saturated carbocycles. The summed E-state index contributed by atoms with van der Waals surface area (Å²) in [6.45, 7) is 5.90. The van der Waals surface area contributed by atoms with E-state index in [0.29, 0.717) is 17.6 Å². The summed E-state index contributed by atoms with van der Waals surface area (Å²) in [6.07, 6.45) is 1.06. The van der Waals surface area contributed by atoms with Crippen LogP contribution >= 0.6 is 12.2 Å². The van der Waals surface area contributed by atoms with Gasteiger partial charge in [0.1, 0.15) is 4.99 Å². The fourth-order valence-corrected chi connectivity index (χ4v) is 2.09. The normalized spacial score (nSPS) is 12.2. The monoisotopic (exact) mass is 266 g/mol. The van der Waals surface area contributed by atoms with Gasteiger partial charge in [0.25, 0.3) is 0 Å². The van der Waals surface area contributed by atoms with Crippen molar-refractivity contribution in [2.24, 2.45) is 5.73 Å². The molecule has 0 aliphatic carbocycles. The van der Waals surface area contributed by atoms with Gasteiger partial charge in [-0.15, -0.1) is 0 Å². The number of nitrogens with two attached hydrogens (primary N) is 1. The standard InChI is InChI=1S/C14H22N2OS/c1-4-11(2)16(9-10-17-3)13-8-6-5-7-12(13)14(15)18/h5-8,11H,4,9-10H2,1-3H3,(H2,15,18). The quantitative estimate of drug-likeness (QED) is 0.770. The zero-order valence-electron chi connectivity index (χ0n) is 11.3. The van der Waals surface area contributed by atoms with E-state index in [2.05, 4.69) is 24.8 Å². The molecule has 4 heteroatoms.